The van der Waals surface area contributed by atoms with Crippen molar-refractivity contribution < 1.29 is 32.5 Å². The summed E-state index contributed by atoms with van der Waals surface area (Å²) in [6.45, 7) is 10.4. The molecule has 200 valence electrons. The van der Waals surface area contributed by atoms with Crippen LogP contribution >= 0.6 is 0 Å². The molecule has 1 aliphatic rings. The van der Waals surface area contributed by atoms with Gasteiger partial charge in [-0.15, -0.1) is 13.2 Å². The number of rotatable bonds is 7. The second-order valence-corrected chi connectivity index (χ2v) is 11.1. The van der Waals surface area contributed by atoms with E-state index in [2.05, 4.69) is 30.1 Å². The number of alkyl halides is 3. The number of aromatic carboxylic acids is 1. The van der Waals surface area contributed by atoms with Gasteiger partial charge in [0, 0.05) is 18.5 Å². The fraction of sp³-hybridized carbons (Fsp3) is 0.500. The molecule has 37 heavy (non-hydrogen) atoms. The standard InChI is InChI=1S/C28H33F3N2O4/c1-16(2)36-24-13-23-22(12-21(24)26(34)35)32-25(33(23)19-10-17(3)14-27(4,5)15-19)11-18-6-8-20(9-7-18)37-28(29,30)31/h6-9,12-13,16-17,19H,10-11,14-15H2,1-5H3,(H,34,35)/t17?,19-/m0/s1. The number of hydrogen-bond acceptors (Lipinski definition) is 4. The summed E-state index contributed by atoms with van der Waals surface area (Å²) in [5, 5.41) is 9.80. The first-order valence-electron chi connectivity index (χ1n) is 12.5. The highest BCUT2D eigenvalue weighted by molar-refractivity contribution is 5.96. The topological polar surface area (TPSA) is 73.6 Å². The van der Waals surface area contributed by atoms with Crippen LogP contribution in [-0.4, -0.2) is 33.1 Å². The fourth-order valence-electron chi connectivity index (χ4n) is 5.71. The first kappa shape index (κ1) is 26.8. The van der Waals surface area contributed by atoms with Crippen molar-refractivity contribution in [1.82, 2.24) is 9.55 Å². The minimum Gasteiger partial charge on any atom is -0.490 e. The lowest BCUT2D eigenvalue weighted by Crippen LogP contribution is -2.30. The Morgan fingerprint density at radius 2 is 1.86 bits per heavy atom. The summed E-state index contributed by atoms with van der Waals surface area (Å²) in [5.74, 6) is 0.130. The van der Waals surface area contributed by atoms with Crippen LogP contribution in [0.5, 0.6) is 11.5 Å². The third-order valence-corrected chi connectivity index (χ3v) is 6.70. The van der Waals surface area contributed by atoms with Crippen LogP contribution in [0.3, 0.4) is 0 Å². The molecule has 2 aromatic carbocycles. The SMILES string of the molecule is CC1C[C@H](n2c(Cc3ccc(OC(F)(F)F)cc3)nc3cc(C(=O)O)c(OC(C)C)cc32)CC(C)(C)C1. The van der Waals surface area contributed by atoms with Crippen molar-refractivity contribution in [2.45, 2.75) is 78.8 Å². The minimum absolute atomic E-state index is 0.0448. The predicted octanol–water partition coefficient (Wildman–Crippen LogP) is 7.40. The monoisotopic (exact) mass is 518 g/mol. The van der Waals surface area contributed by atoms with Gasteiger partial charge in [-0.2, -0.15) is 0 Å². The van der Waals surface area contributed by atoms with E-state index in [4.69, 9.17) is 9.72 Å². The van der Waals surface area contributed by atoms with Crippen LogP contribution in [0.2, 0.25) is 0 Å². The molecule has 0 saturated heterocycles. The number of carboxylic acid groups (broad SMARTS) is 1. The van der Waals surface area contributed by atoms with E-state index >= 15 is 0 Å². The molecule has 1 aliphatic carbocycles. The molecule has 1 N–H and O–H groups in total. The highest BCUT2D eigenvalue weighted by Gasteiger charge is 2.35. The number of nitrogens with zero attached hydrogens (tertiary/aromatic N) is 2. The van der Waals surface area contributed by atoms with Crippen LogP contribution < -0.4 is 9.47 Å². The average Bonchev–Trinajstić information content (AvgIpc) is 3.08. The van der Waals surface area contributed by atoms with Gasteiger partial charge in [0.15, 0.2) is 0 Å². The summed E-state index contributed by atoms with van der Waals surface area (Å²) in [6, 6.07) is 9.21. The van der Waals surface area contributed by atoms with E-state index in [0.29, 0.717) is 23.6 Å². The zero-order chi connectivity index (χ0) is 27.1. The normalized spacial score (nSPS) is 19.8. The lowest BCUT2D eigenvalue weighted by atomic mass is 9.70. The number of carboxylic acids is 1. The Kier molecular flexibility index (Phi) is 7.18. The van der Waals surface area contributed by atoms with Gasteiger partial charge in [0.05, 0.1) is 17.1 Å². The summed E-state index contributed by atoms with van der Waals surface area (Å²) >= 11 is 0. The molecule has 1 heterocycles. The number of hydrogen-bond donors (Lipinski definition) is 1. The zero-order valence-electron chi connectivity index (χ0n) is 21.7. The van der Waals surface area contributed by atoms with Gasteiger partial charge in [0.1, 0.15) is 22.9 Å². The van der Waals surface area contributed by atoms with E-state index in [-0.39, 0.29) is 28.9 Å². The van der Waals surface area contributed by atoms with Gasteiger partial charge in [0.2, 0.25) is 0 Å². The molecule has 1 unspecified atom stereocenters. The van der Waals surface area contributed by atoms with Crippen molar-refractivity contribution in [3.05, 3.63) is 53.3 Å². The zero-order valence-corrected chi connectivity index (χ0v) is 21.7. The maximum atomic E-state index is 12.6. The van der Waals surface area contributed by atoms with Crippen molar-refractivity contribution >= 4 is 17.0 Å². The lowest BCUT2D eigenvalue weighted by molar-refractivity contribution is -0.274. The maximum Gasteiger partial charge on any atom is 0.573 e. The largest absolute Gasteiger partial charge is 0.573 e. The quantitative estimate of drug-likeness (QED) is 0.353. The van der Waals surface area contributed by atoms with Crippen LogP contribution in [0.4, 0.5) is 13.2 Å². The van der Waals surface area contributed by atoms with Crippen molar-refractivity contribution in [2.75, 3.05) is 0 Å². The van der Waals surface area contributed by atoms with E-state index in [9.17, 15) is 23.1 Å². The second-order valence-electron chi connectivity index (χ2n) is 11.1. The highest BCUT2D eigenvalue weighted by atomic mass is 19.4. The number of benzene rings is 2. The summed E-state index contributed by atoms with van der Waals surface area (Å²) < 4.78 is 49.8. The summed E-state index contributed by atoms with van der Waals surface area (Å²) in [4.78, 5) is 16.8. The van der Waals surface area contributed by atoms with Gasteiger partial charge >= 0.3 is 12.3 Å². The van der Waals surface area contributed by atoms with Crippen molar-refractivity contribution in [2.24, 2.45) is 11.3 Å². The van der Waals surface area contributed by atoms with Crippen LogP contribution in [0.1, 0.15) is 81.7 Å². The van der Waals surface area contributed by atoms with Gasteiger partial charge in [-0.1, -0.05) is 32.9 Å². The van der Waals surface area contributed by atoms with E-state index < -0.39 is 12.3 Å². The highest BCUT2D eigenvalue weighted by Crippen LogP contribution is 2.46. The Morgan fingerprint density at radius 1 is 1.19 bits per heavy atom. The van der Waals surface area contributed by atoms with Crippen LogP contribution in [0.15, 0.2) is 36.4 Å². The maximum absolute atomic E-state index is 12.6. The molecule has 1 saturated carbocycles. The Bertz CT molecular complexity index is 1280. The Balaban J connectivity index is 1.81. The number of ether oxygens (including phenoxy) is 2. The van der Waals surface area contributed by atoms with Gasteiger partial charge < -0.3 is 19.1 Å². The molecule has 3 aromatic rings. The van der Waals surface area contributed by atoms with Crippen molar-refractivity contribution in [1.29, 1.82) is 0 Å². The Hall–Kier alpha value is -3.23. The molecule has 0 spiro atoms. The van der Waals surface area contributed by atoms with Gasteiger partial charge in [-0.3, -0.25) is 0 Å². The average molecular weight is 519 g/mol. The minimum atomic E-state index is -4.75. The van der Waals surface area contributed by atoms with E-state index in [0.717, 1.165) is 36.2 Å². The first-order valence-corrected chi connectivity index (χ1v) is 12.5. The van der Waals surface area contributed by atoms with Crippen molar-refractivity contribution in [3.8, 4) is 11.5 Å². The van der Waals surface area contributed by atoms with Crippen LogP contribution in [0.25, 0.3) is 11.0 Å². The van der Waals surface area contributed by atoms with E-state index in [1.165, 1.54) is 12.1 Å². The number of aromatic nitrogens is 2. The molecule has 0 bridgehead atoms. The van der Waals surface area contributed by atoms with E-state index in [1.807, 2.05) is 13.8 Å². The molecule has 0 aliphatic heterocycles. The third kappa shape index (κ3) is 6.37. The van der Waals surface area contributed by atoms with Crippen LogP contribution in [0, 0.1) is 11.3 Å². The van der Waals surface area contributed by atoms with Gasteiger partial charge in [-0.05, 0) is 68.2 Å². The smallest absolute Gasteiger partial charge is 0.490 e. The number of imidazole rings is 1. The number of carbonyl (C=O) groups is 1. The molecule has 6 nitrogen and oxygen atoms in total. The molecule has 2 atom stereocenters. The Morgan fingerprint density at radius 3 is 2.43 bits per heavy atom. The van der Waals surface area contributed by atoms with E-state index in [1.54, 1.807) is 24.3 Å². The number of fused-ring (bicyclic) bond motifs is 1. The lowest BCUT2D eigenvalue weighted by Gasteiger charge is -2.40. The molecule has 4 rings (SSSR count). The summed E-state index contributed by atoms with van der Waals surface area (Å²) in [5.41, 5.74) is 2.28. The van der Waals surface area contributed by atoms with Gasteiger partial charge in [-0.25, -0.2) is 9.78 Å². The fourth-order valence-corrected chi connectivity index (χ4v) is 5.71. The molecule has 0 amide bonds. The molecule has 1 fully saturated rings. The molecule has 9 heteroatoms. The summed E-state index contributed by atoms with van der Waals surface area (Å²) in [6.07, 6.45) is -1.61. The molecule has 0 radical (unpaired) electrons. The molecular weight excluding hydrogens is 485 g/mol. The molecular formula is C28H33F3N2O4. The second kappa shape index (κ2) is 9.91. The predicted molar refractivity (Wildman–Crippen MR) is 134 cm³/mol. The first-order chi connectivity index (χ1) is 17.2. The van der Waals surface area contributed by atoms with Gasteiger partial charge in [0.25, 0.3) is 0 Å². The van der Waals surface area contributed by atoms with Crippen molar-refractivity contribution in [3.63, 3.8) is 0 Å². The number of halogens is 3. The molecule has 1 aromatic heterocycles. The third-order valence-electron chi connectivity index (χ3n) is 6.70. The van der Waals surface area contributed by atoms with Crippen LogP contribution in [-0.2, 0) is 6.42 Å². The Labute approximate surface area is 214 Å². The summed E-state index contributed by atoms with van der Waals surface area (Å²) in [7, 11) is 0.